The molecule has 0 aliphatic carbocycles. The van der Waals surface area contributed by atoms with E-state index in [2.05, 4.69) is 47.1 Å². The fourth-order valence-electron chi connectivity index (χ4n) is 3.32. The third-order valence-corrected chi connectivity index (χ3v) is 4.24. The normalized spacial score (nSPS) is 20.5. The number of nitrogens with zero attached hydrogens (tertiary/aromatic N) is 3. The number of hydrogen-bond acceptors (Lipinski definition) is 5. The van der Waals surface area contributed by atoms with Gasteiger partial charge in [0.05, 0.1) is 12.1 Å². The number of β-amino-alcohol motifs (C(OH)–C–C–N with tert-alkyl or cyclic N) is 1. The van der Waals surface area contributed by atoms with Crippen molar-refractivity contribution in [3.8, 4) is 0 Å². The summed E-state index contributed by atoms with van der Waals surface area (Å²) >= 11 is 0. The first-order chi connectivity index (χ1) is 10.5. The molecule has 118 valence electrons. The van der Waals surface area contributed by atoms with Crippen LogP contribution in [0.15, 0.2) is 22.7 Å². The van der Waals surface area contributed by atoms with Gasteiger partial charge in [0.2, 0.25) is 5.89 Å². The second-order valence-corrected chi connectivity index (χ2v) is 6.26. The molecule has 2 heterocycles. The summed E-state index contributed by atoms with van der Waals surface area (Å²) in [6.45, 7) is 7.48. The Balaban J connectivity index is 1.73. The Morgan fingerprint density at radius 3 is 2.64 bits per heavy atom. The lowest BCUT2D eigenvalue weighted by molar-refractivity contribution is 0.103. The molecule has 1 aliphatic rings. The van der Waals surface area contributed by atoms with Crippen molar-refractivity contribution in [2.75, 3.05) is 13.1 Å². The Morgan fingerprint density at radius 2 is 2.00 bits per heavy atom. The van der Waals surface area contributed by atoms with E-state index in [1.165, 1.54) is 11.1 Å². The van der Waals surface area contributed by atoms with Crippen molar-refractivity contribution in [1.29, 1.82) is 0 Å². The van der Waals surface area contributed by atoms with Gasteiger partial charge in [-0.25, -0.2) is 0 Å². The minimum atomic E-state index is -0.493. The smallest absolute Gasteiger partial charge is 0.223 e. The molecule has 1 aromatic carbocycles. The molecule has 2 atom stereocenters. The summed E-state index contributed by atoms with van der Waals surface area (Å²) < 4.78 is 5.10. The van der Waals surface area contributed by atoms with Crippen molar-refractivity contribution < 1.29 is 9.63 Å². The predicted octanol–water partition coefficient (Wildman–Crippen LogP) is 2.87. The van der Waals surface area contributed by atoms with Crippen LogP contribution >= 0.6 is 0 Å². The number of hydrogen-bond donors (Lipinski definition) is 1. The van der Waals surface area contributed by atoms with Crippen LogP contribution in [0.25, 0.3) is 0 Å². The largest absolute Gasteiger partial charge is 0.387 e. The molecule has 0 spiro atoms. The lowest BCUT2D eigenvalue weighted by atomic mass is 10.0. The number of aryl methyl sites for hydroxylation is 3. The average Bonchev–Trinajstić information content (AvgIpc) is 3.06. The Hall–Kier alpha value is -1.72. The fourth-order valence-corrected chi connectivity index (χ4v) is 3.32. The number of benzene rings is 1. The second-order valence-electron chi connectivity index (χ2n) is 6.26. The molecule has 0 bridgehead atoms. The van der Waals surface area contributed by atoms with Crippen molar-refractivity contribution in [3.05, 3.63) is 46.6 Å². The van der Waals surface area contributed by atoms with E-state index in [4.69, 9.17) is 4.52 Å². The molecule has 5 nitrogen and oxygen atoms in total. The molecule has 0 saturated carbocycles. The van der Waals surface area contributed by atoms with E-state index >= 15 is 0 Å². The van der Waals surface area contributed by atoms with E-state index in [1.54, 1.807) is 6.92 Å². The molecule has 0 unspecified atom stereocenters. The summed E-state index contributed by atoms with van der Waals surface area (Å²) in [5.74, 6) is 1.33. The SMILES string of the molecule is Cc1cc(C)cc([C@@H](O)CN2CCC[C@H]2c2noc(C)n2)c1. The number of likely N-dealkylation sites (tertiary alicyclic amines) is 1. The molecule has 2 aromatic rings. The lowest BCUT2D eigenvalue weighted by Crippen LogP contribution is -2.29. The highest BCUT2D eigenvalue weighted by atomic mass is 16.5. The summed E-state index contributed by atoms with van der Waals surface area (Å²) in [6.07, 6.45) is 1.61. The maximum absolute atomic E-state index is 10.6. The van der Waals surface area contributed by atoms with Gasteiger partial charge in [0, 0.05) is 13.5 Å². The summed E-state index contributed by atoms with van der Waals surface area (Å²) in [5.41, 5.74) is 3.34. The van der Waals surface area contributed by atoms with Crippen molar-refractivity contribution in [1.82, 2.24) is 15.0 Å². The molecule has 1 N–H and O–H groups in total. The van der Waals surface area contributed by atoms with E-state index in [1.807, 2.05) is 0 Å². The molecule has 1 aliphatic heterocycles. The fraction of sp³-hybridized carbons (Fsp3) is 0.529. The molecular formula is C17H23N3O2. The lowest BCUT2D eigenvalue weighted by Gasteiger charge is -2.25. The van der Waals surface area contributed by atoms with E-state index in [-0.39, 0.29) is 6.04 Å². The van der Waals surface area contributed by atoms with Crippen molar-refractivity contribution in [3.63, 3.8) is 0 Å². The number of aliphatic hydroxyl groups is 1. The van der Waals surface area contributed by atoms with Gasteiger partial charge in [-0.05, 0) is 38.8 Å². The first-order valence-electron chi connectivity index (χ1n) is 7.83. The van der Waals surface area contributed by atoms with Gasteiger partial charge in [0.1, 0.15) is 0 Å². The number of aliphatic hydroxyl groups excluding tert-OH is 1. The molecule has 5 heteroatoms. The second kappa shape index (κ2) is 6.18. The summed E-state index contributed by atoms with van der Waals surface area (Å²) in [4.78, 5) is 6.61. The van der Waals surface area contributed by atoms with Gasteiger partial charge >= 0.3 is 0 Å². The monoisotopic (exact) mass is 301 g/mol. The standard InChI is InChI=1S/C17H23N3O2/c1-11-7-12(2)9-14(8-11)16(21)10-20-6-4-5-15(20)17-18-13(3)22-19-17/h7-9,15-16,21H,4-6,10H2,1-3H3/t15-,16-/m0/s1. The maximum atomic E-state index is 10.6. The van der Waals surface area contributed by atoms with Crippen LogP contribution in [-0.4, -0.2) is 33.2 Å². The predicted molar refractivity (Wildman–Crippen MR) is 83.5 cm³/mol. The zero-order valence-corrected chi connectivity index (χ0v) is 13.4. The molecule has 1 saturated heterocycles. The van der Waals surface area contributed by atoms with Gasteiger partial charge in [-0.15, -0.1) is 0 Å². The van der Waals surface area contributed by atoms with Gasteiger partial charge in [-0.2, -0.15) is 4.98 Å². The van der Waals surface area contributed by atoms with Crippen molar-refractivity contribution in [2.45, 2.75) is 45.8 Å². The summed E-state index contributed by atoms with van der Waals surface area (Å²) in [6, 6.07) is 6.39. The topological polar surface area (TPSA) is 62.4 Å². The molecule has 0 radical (unpaired) electrons. The van der Waals surface area contributed by atoms with Crippen LogP contribution in [0.4, 0.5) is 0 Å². The Bertz CT molecular complexity index is 633. The van der Waals surface area contributed by atoms with Crippen LogP contribution in [0, 0.1) is 20.8 Å². The van der Waals surface area contributed by atoms with Crippen molar-refractivity contribution >= 4 is 0 Å². The zero-order valence-electron chi connectivity index (χ0n) is 13.4. The highest BCUT2D eigenvalue weighted by Crippen LogP contribution is 2.32. The minimum Gasteiger partial charge on any atom is -0.387 e. The Kier molecular flexibility index (Phi) is 4.27. The quantitative estimate of drug-likeness (QED) is 0.941. The first-order valence-corrected chi connectivity index (χ1v) is 7.83. The molecule has 1 aromatic heterocycles. The van der Waals surface area contributed by atoms with E-state index in [0.29, 0.717) is 12.4 Å². The van der Waals surface area contributed by atoms with Crippen molar-refractivity contribution in [2.24, 2.45) is 0 Å². The zero-order chi connectivity index (χ0) is 15.7. The third-order valence-electron chi connectivity index (χ3n) is 4.24. The van der Waals surface area contributed by atoms with Gasteiger partial charge < -0.3 is 9.63 Å². The number of aromatic nitrogens is 2. The number of rotatable bonds is 4. The summed E-state index contributed by atoms with van der Waals surface area (Å²) in [7, 11) is 0. The van der Waals surface area contributed by atoms with E-state index < -0.39 is 6.10 Å². The van der Waals surface area contributed by atoms with Gasteiger partial charge in [0.25, 0.3) is 0 Å². The highest BCUT2D eigenvalue weighted by molar-refractivity contribution is 5.30. The van der Waals surface area contributed by atoms with Gasteiger partial charge in [-0.1, -0.05) is 34.5 Å². The van der Waals surface area contributed by atoms with Crippen LogP contribution in [0.5, 0.6) is 0 Å². The van der Waals surface area contributed by atoms with E-state index in [9.17, 15) is 5.11 Å². The van der Waals surface area contributed by atoms with E-state index in [0.717, 1.165) is 30.8 Å². The highest BCUT2D eigenvalue weighted by Gasteiger charge is 2.31. The third kappa shape index (κ3) is 3.20. The average molecular weight is 301 g/mol. The van der Waals surface area contributed by atoms with Gasteiger partial charge in [0.15, 0.2) is 5.82 Å². The molecule has 22 heavy (non-hydrogen) atoms. The van der Waals surface area contributed by atoms with Crippen LogP contribution in [0.3, 0.4) is 0 Å². The van der Waals surface area contributed by atoms with Crippen LogP contribution in [0.2, 0.25) is 0 Å². The Morgan fingerprint density at radius 1 is 1.27 bits per heavy atom. The minimum absolute atomic E-state index is 0.151. The molecule has 1 fully saturated rings. The van der Waals surface area contributed by atoms with Gasteiger partial charge in [-0.3, -0.25) is 4.90 Å². The molecule has 3 rings (SSSR count). The van der Waals surface area contributed by atoms with Crippen LogP contribution in [0.1, 0.15) is 53.4 Å². The van der Waals surface area contributed by atoms with Crippen LogP contribution < -0.4 is 0 Å². The Labute approximate surface area is 131 Å². The molecule has 0 amide bonds. The van der Waals surface area contributed by atoms with Crippen LogP contribution in [-0.2, 0) is 0 Å². The first kappa shape index (κ1) is 15.2. The maximum Gasteiger partial charge on any atom is 0.223 e. The summed E-state index contributed by atoms with van der Waals surface area (Å²) in [5, 5.41) is 14.6. The molecular weight excluding hydrogens is 278 g/mol.